The Morgan fingerprint density at radius 1 is 1.48 bits per heavy atom. The van der Waals surface area contributed by atoms with Gasteiger partial charge in [-0.1, -0.05) is 13.8 Å². The van der Waals surface area contributed by atoms with Gasteiger partial charge in [0, 0.05) is 31.5 Å². The fourth-order valence-corrected chi connectivity index (χ4v) is 3.85. The van der Waals surface area contributed by atoms with Crippen molar-refractivity contribution in [3.8, 4) is 0 Å². The van der Waals surface area contributed by atoms with Crippen molar-refractivity contribution in [3.63, 3.8) is 0 Å². The molecule has 0 bridgehead atoms. The largest absolute Gasteiger partial charge is 0.375 e. The monoisotopic (exact) mass is 315 g/mol. The third-order valence-electron chi connectivity index (χ3n) is 3.65. The Balaban J connectivity index is 2.05. The summed E-state index contributed by atoms with van der Waals surface area (Å²) in [5.74, 6) is 0. The molecule has 2 rings (SSSR count). The molecular formula is C14H25N3O3S. The number of hydrogen-bond donors (Lipinski definition) is 2. The molecule has 1 fully saturated rings. The zero-order chi connectivity index (χ0) is 15.3. The van der Waals surface area contributed by atoms with Crippen molar-refractivity contribution in [2.45, 2.75) is 44.2 Å². The van der Waals surface area contributed by atoms with E-state index in [1.54, 1.807) is 12.3 Å². The lowest BCUT2D eigenvalue weighted by molar-refractivity contribution is -0.00277. The van der Waals surface area contributed by atoms with Gasteiger partial charge in [0.05, 0.1) is 17.6 Å². The number of rotatable bonds is 7. The Morgan fingerprint density at radius 2 is 2.29 bits per heavy atom. The SMILES string of the molecule is CCCNCc1cc(S(=O)(=O)N2CCOC(CC)C2)c[nH]1. The Labute approximate surface area is 126 Å². The molecule has 1 saturated heterocycles. The highest BCUT2D eigenvalue weighted by molar-refractivity contribution is 7.89. The quantitative estimate of drug-likeness (QED) is 0.744. The van der Waals surface area contributed by atoms with E-state index in [-0.39, 0.29) is 6.10 Å². The summed E-state index contributed by atoms with van der Waals surface area (Å²) in [4.78, 5) is 3.38. The van der Waals surface area contributed by atoms with E-state index in [2.05, 4.69) is 17.2 Å². The molecule has 7 heteroatoms. The average molecular weight is 315 g/mol. The molecular weight excluding hydrogens is 290 g/mol. The zero-order valence-corrected chi connectivity index (χ0v) is 13.6. The van der Waals surface area contributed by atoms with Crippen LogP contribution in [0.3, 0.4) is 0 Å². The number of aromatic amines is 1. The lowest BCUT2D eigenvalue weighted by Crippen LogP contribution is -2.45. The summed E-state index contributed by atoms with van der Waals surface area (Å²) in [6.07, 6.45) is 3.45. The smallest absolute Gasteiger partial charge is 0.244 e. The normalized spacial score (nSPS) is 20.8. The van der Waals surface area contributed by atoms with E-state index >= 15 is 0 Å². The van der Waals surface area contributed by atoms with Crippen LogP contribution >= 0.6 is 0 Å². The van der Waals surface area contributed by atoms with Crippen LogP contribution in [0.2, 0.25) is 0 Å². The van der Waals surface area contributed by atoms with E-state index in [1.165, 1.54) is 4.31 Å². The Morgan fingerprint density at radius 3 is 3.00 bits per heavy atom. The number of nitrogens with zero attached hydrogens (tertiary/aromatic N) is 1. The molecule has 1 aliphatic heterocycles. The molecule has 0 saturated carbocycles. The molecule has 0 amide bonds. The number of morpholine rings is 1. The second-order valence-electron chi connectivity index (χ2n) is 5.30. The zero-order valence-electron chi connectivity index (χ0n) is 12.8. The number of aromatic nitrogens is 1. The molecule has 1 aromatic rings. The summed E-state index contributed by atoms with van der Waals surface area (Å²) in [6, 6.07) is 1.72. The standard InChI is InChI=1S/C14H25N3O3S/c1-3-5-15-9-12-8-14(10-16-12)21(18,19)17-6-7-20-13(4-2)11-17/h8,10,13,15-16H,3-7,9,11H2,1-2H3. The van der Waals surface area contributed by atoms with Gasteiger partial charge in [-0.05, 0) is 25.5 Å². The molecule has 0 radical (unpaired) electrons. The van der Waals surface area contributed by atoms with E-state index in [9.17, 15) is 8.42 Å². The highest BCUT2D eigenvalue weighted by Crippen LogP contribution is 2.20. The van der Waals surface area contributed by atoms with E-state index in [0.29, 0.717) is 31.1 Å². The third kappa shape index (κ3) is 4.06. The molecule has 2 heterocycles. The van der Waals surface area contributed by atoms with Gasteiger partial charge in [-0.15, -0.1) is 0 Å². The molecule has 120 valence electrons. The first-order valence-corrected chi connectivity index (χ1v) is 9.01. The highest BCUT2D eigenvalue weighted by Gasteiger charge is 2.30. The lowest BCUT2D eigenvalue weighted by Gasteiger charge is -2.31. The molecule has 1 aliphatic rings. The molecule has 0 spiro atoms. The molecule has 1 unspecified atom stereocenters. The van der Waals surface area contributed by atoms with Gasteiger partial charge in [-0.25, -0.2) is 8.42 Å². The van der Waals surface area contributed by atoms with Crippen LogP contribution in [0.15, 0.2) is 17.2 Å². The maximum atomic E-state index is 12.6. The van der Waals surface area contributed by atoms with Crippen molar-refractivity contribution >= 4 is 10.0 Å². The summed E-state index contributed by atoms with van der Waals surface area (Å²) >= 11 is 0. The van der Waals surface area contributed by atoms with Crippen molar-refractivity contribution in [2.75, 3.05) is 26.2 Å². The predicted octanol–water partition coefficient (Wildman–Crippen LogP) is 1.31. The van der Waals surface area contributed by atoms with E-state index in [4.69, 9.17) is 4.74 Å². The van der Waals surface area contributed by atoms with Crippen LogP contribution in [0.4, 0.5) is 0 Å². The molecule has 0 aliphatic carbocycles. The summed E-state index contributed by atoms with van der Waals surface area (Å²) in [5.41, 5.74) is 0.891. The number of hydrogen-bond acceptors (Lipinski definition) is 4. The van der Waals surface area contributed by atoms with Crippen molar-refractivity contribution in [1.29, 1.82) is 0 Å². The molecule has 2 N–H and O–H groups in total. The first-order chi connectivity index (χ1) is 10.1. The van der Waals surface area contributed by atoms with E-state index in [1.807, 2.05) is 6.92 Å². The van der Waals surface area contributed by atoms with Crippen molar-refractivity contribution in [1.82, 2.24) is 14.6 Å². The van der Waals surface area contributed by atoms with Gasteiger partial charge in [0.15, 0.2) is 0 Å². The molecule has 0 aromatic carbocycles. The summed E-state index contributed by atoms with van der Waals surface area (Å²) < 4.78 is 32.3. The molecule has 21 heavy (non-hydrogen) atoms. The van der Waals surface area contributed by atoms with Crippen LogP contribution in [-0.4, -0.2) is 50.1 Å². The minimum atomic E-state index is -3.42. The minimum Gasteiger partial charge on any atom is -0.375 e. The minimum absolute atomic E-state index is 0.00171. The second kappa shape index (κ2) is 7.40. The number of sulfonamides is 1. The second-order valence-corrected chi connectivity index (χ2v) is 7.24. The van der Waals surface area contributed by atoms with Crippen LogP contribution in [0.5, 0.6) is 0 Å². The van der Waals surface area contributed by atoms with Gasteiger partial charge in [0.1, 0.15) is 0 Å². The number of H-pyrrole nitrogens is 1. The van der Waals surface area contributed by atoms with Crippen LogP contribution in [0.1, 0.15) is 32.4 Å². The van der Waals surface area contributed by atoms with Crippen molar-refractivity contribution < 1.29 is 13.2 Å². The van der Waals surface area contributed by atoms with Gasteiger partial charge in [0.2, 0.25) is 10.0 Å². The van der Waals surface area contributed by atoms with E-state index in [0.717, 1.165) is 25.1 Å². The summed E-state index contributed by atoms with van der Waals surface area (Å²) in [6.45, 7) is 7.01. The summed E-state index contributed by atoms with van der Waals surface area (Å²) in [7, 11) is -3.42. The first kappa shape index (κ1) is 16.5. The van der Waals surface area contributed by atoms with Crippen LogP contribution in [0.25, 0.3) is 0 Å². The Bertz CT molecular complexity index is 541. The lowest BCUT2D eigenvalue weighted by atomic mass is 10.2. The van der Waals surface area contributed by atoms with Gasteiger partial charge in [-0.2, -0.15) is 4.31 Å². The van der Waals surface area contributed by atoms with Gasteiger partial charge in [0.25, 0.3) is 0 Å². The molecule has 6 nitrogen and oxygen atoms in total. The molecule has 1 aromatic heterocycles. The third-order valence-corrected chi connectivity index (χ3v) is 5.50. The van der Waals surface area contributed by atoms with Crippen molar-refractivity contribution in [2.24, 2.45) is 0 Å². The topological polar surface area (TPSA) is 74.4 Å². The maximum absolute atomic E-state index is 12.6. The highest BCUT2D eigenvalue weighted by atomic mass is 32.2. The predicted molar refractivity (Wildman–Crippen MR) is 81.6 cm³/mol. The fraction of sp³-hybridized carbons (Fsp3) is 0.714. The van der Waals surface area contributed by atoms with Gasteiger partial charge in [-0.3, -0.25) is 0 Å². The average Bonchev–Trinajstić information content (AvgIpc) is 2.97. The van der Waals surface area contributed by atoms with Crippen LogP contribution in [0, 0.1) is 0 Å². The number of ether oxygens (including phenoxy) is 1. The maximum Gasteiger partial charge on any atom is 0.244 e. The first-order valence-electron chi connectivity index (χ1n) is 7.57. The van der Waals surface area contributed by atoms with Crippen LogP contribution in [-0.2, 0) is 21.3 Å². The molecule has 1 atom stereocenters. The number of nitrogens with one attached hydrogen (secondary N) is 2. The Kier molecular flexibility index (Phi) is 5.80. The van der Waals surface area contributed by atoms with Gasteiger partial charge < -0.3 is 15.0 Å². The Hall–Kier alpha value is -0.890. The fourth-order valence-electron chi connectivity index (χ4n) is 2.38. The van der Waals surface area contributed by atoms with E-state index < -0.39 is 10.0 Å². The van der Waals surface area contributed by atoms with Crippen molar-refractivity contribution in [3.05, 3.63) is 18.0 Å². The summed E-state index contributed by atoms with van der Waals surface area (Å²) in [5, 5.41) is 3.25. The van der Waals surface area contributed by atoms with Crippen LogP contribution < -0.4 is 5.32 Å². The van der Waals surface area contributed by atoms with Gasteiger partial charge >= 0.3 is 0 Å².